The number of carbonyl (C=O) groups is 1. The smallest absolute Gasteiger partial charge is 0.426 e. The summed E-state index contributed by atoms with van der Waals surface area (Å²) in [5.41, 5.74) is 4.19. The second-order valence-corrected chi connectivity index (χ2v) is 18.4. The maximum atomic E-state index is 13.3. The summed E-state index contributed by atoms with van der Waals surface area (Å²) in [5.74, 6) is 0.0917. The molecule has 244 valence electrons. The predicted molar refractivity (Wildman–Crippen MR) is 170 cm³/mol. The van der Waals surface area contributed by atoms with Crippen molar-refractivity contribution in [3.63, 3.8) is 0 Å². The third-order valence-electron chi connectivity index (χ3n) is 7.19. The maximum Gasteiger partial charge on any atom is 0.426 e. The SMILES string of the molecule is C=CCOC(=O)NNc1ccn([C@@H]2O[C@H](CO)[C@@H](OP(OCC=C)N(C(C)C)C(C)C)[C@H]2O[Si](C)(C)C(C)(C)C)c(=O)n1. The molecule has 43 heavy (non-hydrogen) atoms. The fraction of sp³-hybridized carbons (Fsp3) is 0.679. The molecule has 0 aromatic carbocycles. The van der Waals surface area contributed by atoms with Crippen molar-refractivity contribution in [3.8, 4) is 0 Å². The lowest BCUT2D eigenvalue weighted by atomic mass is 10.1. The molecular formula is C28H50N5O8PSi. The van der Waals surface area contributed by atoms with E-state index in [0.29, 0.717) is 0 Å². The molecule has 1 aromatic heterocycles. The standard InChI is InChI=1S/C28H50N5O8PSi/c1-12-16-37-27(36)31-30-22-14-15-32(26(35)29-22)25-24(41-43(10,11)28(7,8)9)23(21(18-34)39-25)40-42(38-17-13-2)33(19(3)4)20(5)6/h12-15,19-21,23-25,34H,1-2,16-18H2,3-11H3,(H,31,36)(H,29,30,35)/t21-,23-,24-,25-,42?/m1/s1. The molecule has 1 amide bonds. The highest BCUT2D eigenvalue weighted by molar-refractivity contribution is 7.44. The molecule has 1 aliphatic heterocycles. The minimum atomic E-state index is -2.46. The second-order valence-electron chi connectivity index (χ2n) is 12.2. The van der Waals surface area contributed by atoms with Crippen molar-refractivity contribution in [2.24, 2.45) is 0 Å². The van der Waals surface area contributed by atoms with Gasteiger partial charge in [-0.3, -0.25) is 9.99 Å². The monoisotopic (exact) mass is 643 g/mol. The van der Waals surface area contributed by atoms with Gasteiger partial charge in [0.05, 0.1) is 13.2 Å². The van der Waals surface area contributed by atoms with Crippen molar-refractivity contribution in [1.29, 1.82) is 0 Å². The van der Waals surface area contributed by atoms with Crippen LogP contribution in [0.4, 0.5) is 10.6 Å². The number of rotatable bonds is 16. The Bertz CT molecular complexity index is 1120. The highest BCUT2D eigenvalue weighted by atomic mass is 31.2. The largest absolute Gasteiger partial charge is 0.444 e. The van der Waals surface area contributed by atoms with E-state index in [9.17, 15) is 14.7 Å². The van der Waals surface area contributed by atoms with Gasteiger partial charge in [0.25, 0.3) is 8.53 Å². The van der Waals surface area contributed by atoms with Crippen molar-refractivity contribution in [3.05, 3.63) is 48.1 Å². The van der Waals surface area contributed by atoms with Crippen molar-refractivity contribution < 1.29 is 32.8 Å². The Morgan fingerprint density at radius 2 is 1.84 bits per heavy atom. The van der Waals surface area contributed by atoms with E-state index in [1.165, 1.54) is 22.9 Å². The molecule has 2 rings (SSSR count). The van der Waals surface area contributed by atoms with Crippen LogP contribution < -0.4 is 16.5 Å². The molecule has 0 spiro atoms. The van der Waals surface area contributed by atoms with Crippen molar-refractivity contribution in [2.75, 3.05) is 25.2 Å². The zero-order chi connectivity index (χ0) is 32.5. The fourth-order valence-corrected chi connectivity index (χ4v) is 7.19. The van der Waals surface area contributed by atoms with Crippen LogP contribution in [0.5, 0.6) is 0 Å². The molecule has 1 aliphatic rings. The van der Waals surface area contributed by atoms with Crippen LogP contribution in [0.2, 0.25) is 18.1 Å². The number of anilines is 1. The second kappa shape index (κ2) is 16.2. The number of aromatic nitrogens is 2. The predicted octanol–water partition coefficient (Wildman–Crippen LogP) is 4.70. The van der Waals surface area contributed by atoms with Gasteiger partial charge in [-0.2, -0.15) is 4.98 Å². The third kappa shape index (κ3) is 9.92. The van der Waals surface area contributed by atoms with E-state index >= 15 is 0 Å². The van der Waals surface area contributed by atoms with Gasteiger partial charge in [-0.05, 0) is 51.9 Å². The summed E-state index contributed by atoms with van der Waals surface area (Å²) in [6.45, 7) is 26.0. The quantitative estimate of drug-likeness (QED) is 0.0998. The van der Waals surface area contributed by atoms with Crippen LogP contribution in [0.3, 0.4) is 0 Å². The average molecular weight is 644 g/mol. The molecular weight excluding hydrogens is 593 g/mol. The lowest BCUT2D eigenvalue weighted by Crippen LogP contribution is -2.50. The van der Waals surface area contributed by atoms with Crippen LogP contribution in [0.15, 0.2) is 42.4 Å². The summed E-state index contributed by atoms with van der Waals surface area (Å²) < 4.78 is 34.3. The van der Waals surface area contributed by atoms with Crippen molar-refractivity contribution in [2.45, 2.75) is 103 Å². The molecule has 3 N–H and O–H groups in total. The lowest BCUT2D eigenvalue weighted by Gasteiger charge is -2.42. The molecule has 0 radical (unpaired) electrons. The molecule has 15 heteroatoms. The Balaban J connectivity index is 2.51. The first kappa shape index (κ1) is 37.0. The number of aliphatic hydroxyl groups is 1. The van der Waals surface area contributed by atoms with E-state index in [-0.39, 0.29) is 42.8 Å². The lowest BCUT2D eigenvalue weighted by molar-refractivity contribution is -0.0528. The van der Waals surface area contributed by atoms with E-state index in [1.54, 1.807) is 6.08 Å². The minimum absolute atomic E-state index is 0.0271. The number of ether oxygens (including phenoxy) is 2. The molecule has 1 aromatic rings. The Labute approximate surface area is 257 Å². The van der Waals surface area contributed by atoms with Gasteiger partial charge in [-0.1, -0.05) is 39.5 Å². The normalized spacial score (nSPS) is 21.7. The first-order chi connectivity index (χ1) is 20.1. The molecule has 1 saturated heterocycles. The highest BCUT2D eigenvalue weighted by Crippen LogP contribution is 2.51. The first-order valence-electron chi connectivity index (χ1n) is 14.4. The van der Waals surface area contributed by atoms with Gasteiger partial charge in [0.15, 0.2) is 20.4 Å². The number of aliphatic hydroxyl groups excluding tert-OH is 1. The number of amides is 1. The van der Waals surface area contributed by atoms with Crippen LogP contribution in [-0.2, 0) is 22.9 Å². The molecule has 13 nitrogen and oxygen atoms in total. The number of nitrogens with one attached hydrogen (secondary N) is 2. The van der Waals surface area contributed by atoms with Gasteiger partial charge in [0, 0.05) is 18.3 Å². The molecule has 2 heterocycles. The van der Waals surface area contributed by atoms with Gasteiger partial charge >= 0.3 is 11.8 Å². The fourth-order valence-electron chi connectivity index (χ4n) is 4.16. The summed E-state index contributed by atoms with van der Waals surface area (Å²) in [4.78, 5) is 29.1. The minimum Gasteiger partial charge on any atom is -0.444 e. The van der Waals surface area contributed by atoms with Gasteiger partial charge < -0.3 is 28.1 Å². The van der Waals surface area contributed by atoms with Gasteiger partial charge in [0.1, 0.15) is 24.9 Å². The Morgan fingerprint density at radius 3 is 2.35 bits per heavy atom. The third-order valence-corrected chi connectivity index (χ3v) is 13.8. The summed E-state index contributed by atoms with van der Waals surface area (Å²) in [5, 5.41) is 10.3. The molecule has 1 unspecified atom stereocenters. The van der Waals surface area contributed by atoms with Crippen LogP contribution in [0.1, 0.15) is 54.7 Å². The van der Waals surface area contributed by atoms with E-state index in [2.05, 4.69) is 95.2 Å². The number of carbonyl (C=O) groups excluding carboxylic acids is 1. The Kier molecular flexibility index (Phi) is 14.0. The van der Waals surface area contributed by atoms with Crippen molar-refractivity contribution in [1.82, 2.24) is 19.6 Å². The summed E-state index contributed by atoms with van der Waals surface area (Å²) in [6.07, 6.45) is 0.496. The Morgan fingerprint density at radius 1 is 1.21 bits per heavy atom. The molecule has 1 fully saturated rings. The molecule has 0 saturated carbocycles. The van der Waals surface area contributed by atoms with Gasteiger partial charge in [0.2, 0.25) is 0 Å². The summed E-state index contributed by atoms with van der Waals surface area (Å²) in [6, 6.07) is 1.69. The molecule has 0 aliphatic carbocycles. The zero-order valence-electron chi connectivity index (χ0n) is 26.9. The average Bonchev–Trinajstić information content (AvgIpc) is 3.24. The van der Waals surface area contributed by atoms with Crippen LogP contribution >= 0.6 is 8.53 Å². The molecule has 0 bridgehead atoms. The van der Waals surface area contributed by atoms with Crippen LogP contribution in [-0.4, -0.2) is 84.0 Å². The maximum absolute atomic E-state index is 13.3. The summed E-state index contributed by atoms with van der Waals surface area (Å²) >= 11 is 0. The number of hydrogen-bond acceptors (Lipinski definition) is 11. The van der Waals surface area contributed by atoms with Crippen molar-refractivity contribution >= 4 is 28.8 Å². The van der Waals surface area contributed by atoms with E-state index in [4.69, 9.17) is 22.9 Å². The highest BCUT2D eigenvalue weighted by Gasteiger charge is 2.53. The van der Waals surface area contributed by atoms with Crippen LogP contribution in [0.25, 0.3) is 0 Å². The Hall–Kier alpha value is -2.16. The topological polar surface area (TPSA) is 146 Å². The number of nitrogens with zero attached hydrogens (tertiary/aromatic N) is 3. The summed E-state index contributed by atoms with van der Waals surface area (Å²) in [7, 11) is -4.09. The van der Waals surface area contributed by atoms with E-state index in [0.717, 1.165) is 0 Å². The first-order valence-corrected chi connectivity index (χ1v) is 18.4. The number of hydrogen-bond donors (Lipinski definition) is 3. The van der Waals surface area contributed by atoms with Crippen LogP contribution in [0, 0.1) is 0 Å². The molecule has 5 atom stereocenters. The zero-order valence-corrected chi connectivity index (χ0v) is 28.8. The van der Waals surface area contributed by atoms with Gasteiger partial charge in [-0.15, -0.1) is 6.58 Å². The van der Waals surface area contributed by atoms with Gasteiger partial charge in [-0.25, -0.2) is 19.7 Å². The number of hydrazine groups is 1. The van der Waals surface area contributed by atoms with E-state index < -0.39 is 53.2 Å². The van der Waals surface area contributed by atoms with E-state index in [1.807, 2.05) is 0 Å².